The van der Waals surface area contributed by atoms with Gasteiger partial charge in [0, 0.05) is 13.2 Å². The molecule has 12 heavy (non-hydrogen) atoms. The summed E-state index contributed by atoms with van der Waals surface area (Å²) in [5.41, 5.74) is 0. The van der Waals surface area contributed by atoms with E-state index in [0.717, 1.165) is 19.1 Å². The smallest absolute Gasteiger partial charge is 0.243 e. The molecular weight excluding hydrogens is 170 g/mol. The lowest BCUT2D eigenvalue weighted by Crippen LogP contribution is -2.22. The van der Waals surface area contributed by atoms with Gasteiger partial charge in [-0.1, -0.05) is 6.58 Å². The first-order chi connectivity index (χ1) is 5.81. The number of hydrogen-bond acceptors (Lipinski definition) is 2. The average Bonchev–Trinajstić information content (AvgIpc) is 2.10. The van der Waals surface area contributed by atoms with Crippen molar-refractivity contribution < 1.29 is 9.22 Å². The van der Waals surface area contributed by atoms with E-state index in [1.54, 1.807) is 0 Å². The number of carbonyl (C=O) groups excluding carboxylic acids is 1. The molecule has 0 aromatic heterocycles. The molecule has 68 valence electrons. The summed E-state index contributed by atoms with van der Waals surface area (Å²) in [7, 11) is 0.559. The third-order valence-electron chi connectivity index (χ3n) is 1.19. The molecule has 0 rings (SSSR count). The maximum atomic E-state index is 10.6. The largest absolute Gasteiger partial charge is 0.418 e. The van der Waals surface area contributed by atoms with Gasteiger partial charge in [-0.3, -0.25) is 4.79 Å². The molecule has 1 amide bonds. The van der Waals surface area contributed by atoms with Crippen LogP contribution in [0.5, 0.6) is 0 Å². The molecule has 0 heterocycles. The lowest BCUT2D eigenvalue weighted by Gasteiger charge is -2.00. The predicted octanol–water partition coefficient (Wildman–Crippen LogP) is 0.753. The number of rotatable bonds is 7. The van der Waals surface area contributed by atoms with Crippen LogP contribution in [-0.2, 0) is 9.22 Å². The average molecular weight is 185 g/mol. The van der Waals surface area contributed by atoms with Crippen molar-refractivity contribution in [2.24, 2.45) is 0 Å². The molecule has 0 saturated heterocycles. The van der Waals surface area contributed by atoms with Gasteiger partial charge in [-0.05, 0) is 25.5 Å². The van der Waals surface area contributed by atoms with Gasteiger partial charge >= 0.3 is 0 Å². The molecule has 0 aliphatic carbocycles. The monoisotopic (exact) mass is 185 g/mol. The topological polar surface area (TPSA) is 38.3 Å². The second-order valence-electron chi connectivity index (χ2n) is 2.18. The number of nitrogens with one attached hydrogen (secondary N) is 1. The van der Waals surface area contributed by atoms with Gasteiger partial charge in [0.1, 0.15) is 0 Å². The zero-order valence-electron chi connectivity index (χ0n) is 7.43. The Balaban J connectivity index is 3.00. The van der Waals surface area contributed by atoms with Crippen LogP contribution in [0.2, 0.25) is 6.04 Å². The third-order valence-corrected chi connectivity index (χ3v) is 2.24. The minimum atomic E-state index is -0.102. The second kappa shape index (κ2) is 8.48. The van der Waals surface area contributed by atoms with E-state index in [1.165, 1.54) is 6.08 Å². The van der Waals surface area contributed by atoms with Gasteiger partial charge in [-0.15, -0.1) is 0 Å². The number of amides is 1. The Labute approximate surface area is 76.1 Å². The fourth-order valence-corrected chi connectivity index (χ4v) is 1.29. The van der Waals surface area contributed by atoms with Crippen molar-refractivity contribution >= 4 is 15.7 Å². The molecule has 0 fully saturated rings. The van der Waals surface area contributed by atoms with Crippen LogP contribution < -0.4 is 5.32 Å². The molecule has 0 bridgehead atoms. The van der Waals surface area contributed by atoms with E-state index in [4.69, 9.17) is 4.43 Å². The van der Waals surface area contributed by atoms with E-state index in [1.807, 2.05) is 6.92 Å². The zero-order valence-corrected chi connectivity index (χ0v) is 8.43. The van der Waals surface area contributed by atoms with Crippen LogP contribution in [0.15, 0.2) is 12.7 Å². The van der Waals surface area contributed by atoms with Crippen molar-refractivity contribution in [1.82, 2.24) is 5.32 Å². The van der Waals surface area contributed by atoms with E-state index in [9.17, 15) is 4.79 Å². The van der Waals surface area contributed by atoms with Crippen molar-refractivity contribution in [1.29, 1.82) is 0 Å². The highest BCUT2D eigenvalue weighted by molar-refractivity contribution is 6.26. The first-order valence-electron chi connectivity index (χ1n) is 4.06. The molecule has 0 spiro atoms. The van der Waals surface area contributed by atoms with Crippen LogP contribution in [0.4, 0.5) is 0 Å². The fraction of sp³-hybridized carbons (Fsp3) is 0.625. The molecule has 4 heteroatoms. The first-order valence-corrected chi connectivity index (χ1v) is 5.17. The van der Waals surface area contributed by atoms with Crippen molar-refractivity contribution in [2.75, 3.05) is 13.2 Å². The summed E-state index contributed by atoms with van der Waals surface area (Å²) >= 11 is 0. The van der Waals surface area contributed by atoms with Gasteiger partial charge in [-0.2, -0.15) is 0 Å². The van der Waals surface area contributed by atoms with Gasteiger partial charge in [0.25, 0.3) is 0 Å². The Hall–Kier alpha value is -0.613. The lowest BCUT2D eigenvalue weighted by atomic mass is 10.4. The molecule has 3 nitrogen and oxygen atoms in total. The molecule has 2 radical (unpaired) electrons. The van der Waals surface area contributed by atoms with Gasteiger partial charge in [0.05, 0.1) is 0 Å². The molecule has 0 unspecified atom stereocenters. The standard InChI is InChI=1S/C8H15NO2Si/c1-3-8(10)9-6-5-7-12-11-4-2/h3H,1,4-7H2,2H3,(H,9,10). The molecule has 0 atom stereocenters. The van der Waals surface area contributed by atoms with Crippen LogP contribution in [-0.4, -0.2) is 28.8 Å². The molecule has 0 aliphatic rings. The van der Waals surface area contributed by atoms with Gasteiger partial charge < -0.3 is 9.74 Å². The maximum absolute atomic E-state index is 10.6. The van der Waals surface area contributed by atoms with Crippen molar-refractivity contribution in [3.63, 3.8) is 0 Å². The van der Waals surface area contributed by atoms with Crippen LogP contribution in [0.3, 0.4) is 0 Å². The highest BCUT2D eigenvalue weighted by atomic mass is 28.2. The highest BCUT2D eigenvalue weighted by Crippen LogP contribution is 1.87. The number of carbonyl (C=O) groups is 1. The van der Waals surface area contributed by atoms with Crippen molar-refractivity contribution in [2.45, 2.75) is 19.4 Å². The minimum Gasteiger partial charge on any atom is -0.418 e. The molecule has 0 aromatic carbocycles. The van der Waals surface area contributed by atoms with E-state index >= 15 is 0 Å². The third kappa shape index (κ3) is 7.49. The maximum Gasteiger partial charge on any atom is 0.243 e. The van der Waals surface area contributed by atoms with Gasteiger partial charge in [0.15, 0.2) is 0 Å². The van der Waals surface area contributed by atoms with E-state index in [0.29, 0.717) is 16.3 Å². The summed E-state index contributed by atoms with van der Waals surface area (Å²) < 4.78 is 5.16. The minimum absolute atomic E-state index is 0.102. The zero-order chi connectivity index (χ0) is 9.23. The molecular formula is C8H15NO2Si. The van der Waals surface area contributed by atoms with Crippen LogP contribution in [0.25, 0.3) is 0 Å². The van der Waals surface area contributed by atoms with Crippen molar-refractivity contribution in [3.05, 3.63) is 12.7 Å². The van der Waals surface area contributed by atoms with Crippen molar-refractivity contribution in [3.8, 4) is 0 Å². The van der Waals surface area contributed by atoms with Crippen LogP contribution >= 0.6 is 0 Å². The molecule has 1 N–H and O–H groups in total. The summed E-state index contributed by atoms with van der Waals surface area (Å²) in [5.74, 6) is -0.102. The predicted molar refractivity (Wildman–Crippen MR) is 50.0 cm³/mol. The van der Waals surface area contributed by atoms with Crippen LogP contribution in [0, 0.1) is 0 Å². The van der Waals surface area contributed by atoms with E-state index < -0.39 is 0 Å². The fourth-order valence-electron chi connectivity index (χ4n) is 0.619. The summed E-state index contributed by atoms with van der Waals surface area (Å²) in [6.45, 7) is 6.82. The summed E-state index contributed by atoms with van der Waals surface area (Å²) in [5, 5.41) is 2.70. The molecule has 0 aliphatic heterocycles. The first kappa shape index (κ1) is 11.4. The summed E-state index contributed by atoms with van der Waals surface area (Å²) in [4.78, 5) is 10.6. The Morgan fingerprint density at radius 1 is 1.75 bits per heavy atom. The lowest BCUT2D eigenvalue weighted by molar-refractivity contribution is -0.116. The molecule has 0 aromatic rings. The highest BCUT2D eigenvalue weighted by Gasteiger charge is 1.93. The quantitative estimate of drug-likeness (QED) is 0.361. The summed E-state index contributed by atoms with van der Waals surface area (Å²) in [6, 6.07) is 1.02. The Morgan fingerprint density at radius 3 is 3.08 bits per heavy atom. The SMILES string of the molecule is C=CC(=O)NCCC[Si]OCC. The van der Waals surface area contributed by atoms with Crippen LogP contribution in [0.1, 0.15) is 13.3 Å². The number of hydrogen-bond donors (Lipinski definition) is 1. The Morgan fingerprint density at radius 2 is 2.50 bits per heavy atom. The van der Waals surface area contributed by atoms with E-state index in [-0.39, 0.29) is 5.91 Å². The van der Waals surface area contributed by atoms with Gasteiger partial charge in [0.2, 0.25) is 15.7 Å². The Bertz CT molecular complexity index is 139. The molecule has 0 saturated carbocycles. The Kier molecular flexibility index (Phi) is 8.05. The summed E-state index contributed by atoms with van der Waals surface area (Å²) in [6.07, 6.45) is 2.25. The normalized spacial score (nSPS) is 9.42. The van der Waals surface area contributed by atoms with E-state index in [2.05, 4.69) is 11.9 Å². The second-order valence-corrected chi connectivity index (χ2v) is 3.25. The van der Waals surface area contributed by atoms with Gasteiger partial charge in [-0.25, -0.2) is 0 Å².